The van der Waals surface area contributed by atoms with Crippen molar-refractivity contribution in [2.24, 2.45) is 5.41 Å². The van der Waals surface area contributed by atoms with Crippen molar-refractivity contribution in [2.45, 2.75) is 40.3 Å². The van der Waals surface area contributed by atoms with Gasteiger partial charge in [0.05, 0.1) is 0 Å². The Bertz CT molecular complexity index is 809. The molecule has 3 aliphatic rings. The van der Waals surface area contributed by atoms with Gasteiger partial charge >= 0.3 is 149 Å². The van der Waals surface area contributed by atoms with Crippen LogP contribution in [0.5, 0.6) is 0 Å². The topological polar surface area (TPSA) is 0 Å². The van der Waals surface area contributed by atoms with Crippen LogP contribution in [0.1, 0.15) is 27.2 Å². The van der Waals surface area contributed by atoms with Crippen LogP contribution in [0.15, 0.2) is 63.5 Å². The first-order valence-electron chi connectivity index (χ1n) is 8.44. The molecule has 0 nitrogen and oxygen atoms in total. The molecule has 0 saturated heterocycles. The molecule has 0 atom stereocenters. The first kappa shape index (κ1) is 22.9. The minimum Gasteiger partial charge on any atom is -1.00 e. The van der Waals surface area contributed by atoms with E-state index < -0.39 is 20.4 Å². The molecule has 3 aliphatic carbocycles. The van der Waals surface area contributed by atoms with E-state index in [2.05, 4.69) is 88.5 Å². The summed E-state index contributed by atoms with van der Waals surface area (Å²) in [5.41, 5.74) is 4.59. The Morgan fingerprint density at radius 1 is 0.880 bits per heavy atom. The minimum absolute atomic E-state index is 0. The predicted octanol–water partition coefficient (Wildman–Crippen LogP) is -0.446. The Morgan fingerprint density at radius 2 is 1.56 bits per heavy atom. The van der Waals surface area contributed by atoms with E-state index in [9.17, 15) is 0 Å². The van der Waals surface area contributed by atoms with Crippen molar-refractivity contribution in [3.05, 3.63) is 63.5 Å². The SMILES string of the molecule is C[Si](C)=[Zr+2]([C]1=CC=C(C(C)(C)C)C1)[c]1ccc2cccccc1-2.[Cl-].[Cl-]. The zero-order chi connectivity index (χ0) is 16.6. The number of fused-ring (bicyclic) bond motifs is 1. The zero-order valence-corrected chi connectivity index (χ0v) is 20.6. The van der Waals surface area contributed by atoms with Gasteiger partial charge in [0.2, 0.25) is 0 Å². The summed E-state index contributed by atoms with van der Waals surface area (Å²) in [6.45, 7) is 12.1. The number of allylic oxidation sites excluding steroid dienone is 4. The molecule has 0 aromatic rings. The van der Waals surface area contributed by atoms with Gasteiger partial charge in [-0.2, -0.15) is 0 Å². The maximum absolute atomic E-state index is 2.54. The van der Waals surface area contributed by atoms with Crippen LogP contribution in [0.3, 0.4) is 0 Å². The van der Waals surface area contributed by atoms with Gasteiger partial charge in [0.25, 0.3) is 0 Å². The fourth-order valence-corrected chi connectivity index (χ4v) is 19.8. The largest absolute Gasteiger partial charge is 1.00 e. The second kappa shape index (κ2) is 9.18. The van der Waals surface area contributed by atoms with E-state index in [-0.39, 0.29) is 30.2 Å². The third kappa shape index (κ3) is 4.98. The molecule has 0 aliphatic heterocycles. The third-order valence-electron chi connectivity index (χ3n) is 4.71. The summed E-state index contributed by atoms with van der Waals surface area (Å²) >= 11 is -1.74. The van der Waals surface area contributed by atoms with Crippen LogP contribution in [-0.2, 0) is 20.4 Å². The van der Waals surface area contributed by atoms with E-state index in [1.54, 1.807) is 8.84 Å². The number of hydrogen-bond donors (Lipinski definition) is 0. The number of rotatable bonds is 2. The van der Waals surface area contributed by atoms with E-state index >= 15 is 0 Å². The molecule has 4 heteroatoms. The summed E-state index contributed by atoms with van der Waals surface area (Å²) in [7, 11) is 0. The Balaban J connectivity index is 0.00000156. The van der Waals surface area contributed by atoms with E-state index in [0.29, 0.717) is 5.41 Å². The smallest absolute Gasteiger partial charge is 1.00 e. The maximum atomic E-state index is 2.54. The second-order valence-electron chi connectivity index (χ2n) is 7.71. The van der Waals surface area contributed by atoms with Gasteiger partial charge in [-0.1, -0.05) is 0 Å². The van der Waals surface area contributed by atoms with Crippen LogP contribution in [0.4, 0.5) is 0 Å². The average Bonchev–Trinajstić information content (AvgIpc) is 3.02. The summed E-state index contributed by atoms with van der Waals surface area (Å²) in [4.78, 5) is 0. The van der Waals surface area contributed by atoms with E-state index in [4.69, 9.17) is 0 Å². The Kier molecular flexibility index (Phi) is 8.41. The van der Waals surface area contributed by atoms with Gasteiger partial charge in [0, 0.05) is 0 Å². The monoisotopic (exact) mass is 466 g/mol. The standard InChI is InChI=1S/C10H7.C9H13.C2H6Si.2ClH.Zr/c1-2-5-9-7-4-8-10(9)6-3-1;1-9(2,3)8-6-4-5-7-8;1-3-2;;;/h1-7H;4,6H,7H2,1-3H3;1-2H3;2*1H;/q;;;;;+2/p-2. The van der Waals surface area contributed by atoms with Gasteiger partial charge in [-0.15, -0.1) is 0 Å². The minimum atomic E-state index is -1.74. The molecule has 0 amide bonds. The first-order chi connectivity index (χ1) is 10.9. The molecule has 0 aromatic heterocycles. The van der Waals surface area contributed by atoms with E-state index in [0.717, 1.165) is 0 Å². The molecule has 0 N–H and O–H groups in total. The quantitative estimate of drug-likeness (QED) is 0.524. The summed E-state index contributed by atoms with van der Waals surface area (Å²) in [6, 6.07) is 15.9. The summed E-state index contributed by atoms with van der Waals surface area (Å²) in [5, 5.41) is 0. The molecule has 0 heterocycles. The molecule has 0 spiro atoms. The molecule has 0 bridgehead atoms. The second-order valence-corrected chi connectivity index (χ2v) is 24.8. The molecule has 0 radical (unpaired) electrons. The summed E-state index contributed by atoms with van der Waals surface area (Å²) in [5.74, 6) is 0. The molecular weight excluding hydrogens is 442 g/mol. The Morgan fingerprint density at radius 3 is 2.16 bits per heavy atom. The summed E-state index contributed by atoms with van der Waals surface area (Å²) < 4.78 is 3.54. The first-order valence-corrected chi connectivity index (χ1v) is 17.1. The van der Waals surface area contributed by atoms with Crippen molar-refractivity contribution < 1.29 is 45.2 Å². The number of hydrogen-bond acceptors (Lipinski definition) is 0. The van der Waals surface area contributed by atoms with Crippen molar-refractivity contribution in [3.63, 3.8) is 0 Å². The number of halogens is 2. The van der Waals surface area contributed by atoms with Crippen LogP contribution in [-0.4, -0.2) is 5.43 Å². The Hall–Kier alpha value is -0.140. The molecule has 0 aromatic carbocycles. The van der Waals surface area contributed by atoms with Gasteiger partial charge in [-0.3, -0.25) is 0 Å². The predicted molar refractivity (Wildman–Crippen MR) is 100 cm³/mol. The van der Waals surface area contributed by atoms with Gasteiger partial charge in [-0.25, -0.2) is 0 Å². The van der Waals surface area contributed by atoms with Gasteiger partial charge in [0.15, 0.2) is 0 Å². The van der Waals surface area contributed by atoms with Crippen molar-refractivity contribution in [1.82, 2.24) is 0 Å². The normalized spacial score (nSPS) is 13.1. The van der Waals surface area contributed by atoms with Crippen molar-refractivity contribution in [2.75, 3.05) is 0 Å². The molecule has 0 fully saturated rings. The van der Waals surface area contributed by atoms with Crippen LogP contribution in [0.25, 0.3) is 11.1 Å². The molecule has 3 rings (SSSR count). The van der Waals surface area contributed by atoms with Crippen LogP contribution < -0.4 is 28.1 Å². The molecular formula is C21H26Cl2SiZr. The Labute approximate surface area is 173 Å². The molecule has 132 valence electrons. The molecule has 0 unspecified atom stereocenters. The fraction of sp³-hybridized carbons (Fsp3) is 0.333. The third-order valence-corrected chi connectivity index (χ3v) is 21.4. The average molecular weight is 469 g/mol. The van der Waals surface area contributed by atoms with Crippen LogP contribution >= 0.6 is 0 Å². The van der Waals surface area contributed by atoms with Crippen LogP contribution in [0, 0.1) is 5.41 Å². The summed E-state index contributed by atoms with van der Waals surface area (Å²) in [6.07, 6.45) is 6.15. The van der Waals surface area contributed by atoms with Crippen LogP contribution in [0.2, 0.25) is 13.1 Å². The van der Waals surface area contributed by atoms with Gasteiger partial charge in [-0.05, 0) is 0 Å². The molecule has 25 heavy (non-hydrogen) atoms. The maximum Gasteiger partial charge on any atom is -1.00 e. The van der Waals surface area contributed by atoms with E-state index in [1.807, 2.05) is 3.28 Å². The molecule has 0 saturated carbocycles. The van der Waals surface area contributed by atoms with Crippen molar-refractivity contribution in [1.29, 1.82) is 0 Å². The van der Waals surface area contributed by atoms with Crippen molar-refractivity contribution in [3.8, 4) is 11.1 Å². The van der Waals surface area contributed by atoms with Gasteiger partial charge in [0.1, 0.15) is 0 Å². The fourth-order valence-electron chi connectivity index (χ4n) is 3.41. The zero-order valence-electron chi connectivity index (χ0n) is 15.7. The van der Waals surface area contributed by atoms with Gasteiger partial charge < -0.3 is 24.8 Å². The van der Waals surface area contributed by atoms with Crippen molar-refractivity contribution >= 4 is 8.70 Å². The van der Waals surface area contributed by atoms with E-state index in [1.165, 1.54) is 17.5 Å².